The monoisotopic (exact) mass is 217 g/mol. The lowest BCUT2D eigenvalue weighted by Crippen LogP contribution is -2.11. The molecule has 0 aliphatic heterocycles. The molecule has 0 radical (unpaired) electrons. The minimum atomic E-state index is 0.867. The standard InChI is InChI=1S/C9H12.C6H11N/c1-7-4-8(2)6-9(3)5-7;1-3-5-7-6-4-2/h4-6H,1-3H3;3-4,7H,1-2,5-6H2. The molecular weight excluding hydrogens is 194 g/mol. The summed E-state index contributed by atoms with van der Waals surface area (Å²) in [6.45, 7) is 15.2. The fourth-order valence-corrected chi connectivity index (χ4v) is 1.49. The van der Waals surface area contributed by atoms with Gasteiger partial charge in [-0.25, -0.2) is 0 Å². The first kappa shape index (κ1) is 14.7. The van der Waals surface area contributed by atoms with E-state index in [0.717, 1.165) is 13.1 Å². The van der Waals surface area contributed by atoms with Crippen molar-refractivity contribution in [3.05, 3.63) is 60.2 Å². The Morgan fingerprint density at radius 2 is 1.19 bits per heavy atom. The Labute approximate surface area is 99.9 Å². The van der Waals surface area contributed by atoms with E-state index >= 15 is 0 Å². The van der Waals surface area contributed by atoms with Crippen molar-refractivity contribution in [3.8, 4) is 0 Å². The number of hydrogen-bond acceptors (Lipinski definition) is 1. The zero-order valence-corrected chi connectivity index (χ0v) is 10.7. The van der Waals surface area contributed by atoms with Crippen LogP contribution in [0.5, 0.6) is 0 Å². The minimum Gasteiger partial charge on any atom is -0.310 e. The predicted octanol–water partition coefficient (Wildman–Crippen LogP) is 3.56. The second-order valence-electron chi connectivity index (χ2n) is 3.90. The smallest absolute Gasteiger partial charge is 0.0135 e. The lowest BCUT2D eigenvalue weighted by atomic mass is 10.1. The van der Waals surface area contributed by atoms with Gasteiger partial charge in [0.05, 0.1) is 0 Å². The van der Waals surface area contributed by atoms with Crippen LogP contribution in [0.2, 0.25) is 0 Å². The van der Waals surface area contributed by atoms with Gasteiger partial charge in [-0.2, -0.15) is 0 Å². The van der Waals surface area contributed by atoms with Gasteiger partial charge >= 0.3 is 0 Å². The SMILES string of the molecule is C=CCNCC=C.Cc1cc(C)cc(C)c1. The second kappa shape index (κ2) is 8.93. The van der Waals surface area contributed by atoms with E-state index in [1.54, 1.807) is 0 Å². The molecule has 1 aromatic carbocycles. The number of rotatable bonds is 4. The molecule has 0 atom stereocenters. The molecule has 0 aliphatic carbocycles. The fraction of sp³-hybridized carbons (Fsp3) is 0.333. The minimum absolute atomic E-state index is 0.867. The lowest BCUT2D eigenvalue weighted by Gasteiger charge is -1.96. The van der Waals surface area contributed by atoms with Crippen LogP contribution in [0.1, 0.15) is 16.7 Å². The third kappa shape index (κ3) is 8.01. The highest BCUT2D eigenvalue weighted by atomic mass is 14.8. The summed E-state index contributed by atoms with van der Waals surface area (Å²) in [5, 5.41) is 3.05. The van der Waals surface area contributed by atoms with Crippen LogP contribution < -0.4 is 5.32 Å². The molecule has 1 rings (SSSR count). The zero-order valence-electron chi connectivity index (χ0n) is 10.7. The van der Waals surface area contributed by atoms with Gasteiger partial charge in [0.1, 0.15) is 0 Å². The third-order valence-electron chi connectivity index (χ3n) is 1.94. The van der Waals surface area contributed by atoms with Crippen molar-refractivity contribution in [1.29, 1.82) is 0 Å². The van der Waals surface area contributed by atoms with Gasteiger partial charge in [-0.3, -0.25) is 0 Å². The summed E-state index contributed by atoms with van der Waals surface area (Å²) in [6, 6.07) is 6.56. The molecule has 0 saturated carbocycles. The van der Waals surface area contributed by atoms with Crippen LogP contribution in [0, 0.1) is 20.8 Å². The van der Waals surface area contributed by atoms with E-state index < -0.39 is 0 Å². The van der Waals surface area contributed by atoms with Gasteiger partial charge in [-0.1, -0.05) is 47.0 Å². The van der Waals surface area contributed by atoms with Crippen molar-refractivity contribution in [2.45, 2.75) is 20.8 Å². The molecule has 1 heteroatoms. The fourth-order valence-electron chi connectivity index (χ4n) is 1.49. The molecule has 88 valence electrons. The molecule has 1 aromatic rings. The topological polar surface area (TPSA) is 12.0 Å². The molecule has 0 aliphatic rings. The molecule has 1 N–H and O–H groups in total. The van der Waals surface area contributed by atoms with Gasteiger partial charge in [0, 0.05) is 13.1 Å². The van der Waals surface area contributed by atoms with Gasteiger partial charge in [-0.05, 0) is 20.8 Å². The van der Waals surface area contributed by atoms with E-state index in [0.29, 0.717) is 0 Å². The van der Waals surface area contributed by atoms with Gasteiger partial charge in [-0.15, -0.1) is 13.2 Å². The maximum atomic E-state index is 3.54. The third-order valence-corrected chi connectivity index (χ3v) is 1.94. The van der Waals surface area contributed by atoms with E-state index in [2.05, 4.69) is 57.4 Å². The van der Waals surface area contributed by atoms with Crippen molar-refractivity contribution in [1.82, 2.24) is 5.32 Å². The van der Waals surface area contributed by atoms with Gasteiger partial charge < -0.3 is 5.32 Å². The van der Waals surface area contributed by atoms with Crippen molar-refractivity contribution in [3.63, 3.8) is 0 Å². The molecule has 0 amide bonds. The van der Waals surface area contributed by atoms with Crippen LogP contribution in [-0.2, 0) is 0 Å². The molecule has 16 heavy (non-hydrogen) atoms. The average molecular weight is 217 g/mol. The van der Waals surface area contributed by atoms with E-state index in [1.165, 1.54) is 16.7 Å². The Morgan fingerprint density at radius 3 is 1.44 bits per heavy atom. The van der Waals surface area contributed by atoms with Crippen molar-refractivity contribution >= 4 is 0 Å². The summed E-state index contributed by atoms with van der Waals surface area (Å²) in [5.74, 6) is 0. The van der Waals surface area contributed by atoms with E-state index in [9.17, 15) is 0 Å². The summed E-state index contributed by atoms with van der Waals surface area (Å²) >= 11 is 0. The van der Waals surface area contributed by atoms with Crippen LogP contribution in [0.3, 0.4) is 0 Å². The number of hydrogen-bond donors (Lipinski definition) is 1. The maximum absolute atomic E-state index is 3.54. The maximum Gasteiger partial charge on any atom is 0.0135 e. The summed E-state index contributed by atoms with van der Waals surface area (Å²) in [7, 11) is 0. The Morgan fingerprint density at radius 1 is 0.875 bits per heavy atom. The molecule has 0 unspecified atom stereocenters. The van der Waals surface area contributed by atoms with Crippen LogP contribution >= 0.6 is 0 Å². The van der Waals surface area contributed by atoms with Gasteiger partial charge in [0.2, 0.25) is 0 Å². The highest BCUT2D eigenvalue weighted by Gasteiger charge is 1.87. The molecule has 0 fully saturated rings. The van der Waals surface area contributed by atoms with E-state index in [-0.39, 0.29) is 0 Å². The Balaban J connectivity index is 0.000000293. The average Bonchev–Trinajstić information content (AvgIpc) is 2.17. The summed E-state index contributed by atoms with van der Waals surface area (Å²) in [5.41, 5.74) is 4.06. The largest absolute Gasteiger partial charge is 0.310 e. The molecule has 0 aromatic heterocycles. The lowest BCUT2D eigenvalue weighted by molar-refractivity contribution is 0.845. The number of nitrogens with one attached hydrogen (secondary N) is 1. The van der Waals surface area contributed by atoms with Crippen molar-refractivity contribution < 1.29 is 0 Å². The quantitative estimate of drug-likeness (QED) is 0.600. The molecule has 0 heterocycles. The highest BCUT2D eigenvalue weighted by molar-refractivity contribution is 5.27. The summed E-state index contributed by atoms with van der Waals surface area (Å²) < 4.78 is 0. The summed E-state index contributed by atoms with van der Waals surface area (Å²) in [6.07, 6.45) is 3.65. The van der Waals surface area contributed by atoms with Crippen LogP contribution in [0.25, 0.3) is 0 Å². The highest BCUT2D eigenvalue weighted by Crippen LogP contribution is 2.06. The van der Waals surface area contributed by atoms with Gasteiger partial charge in [0.25, 0.3) is 0 Å². The normalized spacial score (nSPS) is 8.94. The first-order valence-corrected chi connectivity index (χ1v) is 5.57. The molecule has 0 bridgehead atoms. The number of benzene rings is 1. The summed E-state index contributed by atoms with van der Waals surface area (Å²) in [4.78, 5) is 0. The second-order valence-corrected chi connectivity index (χ2v) is 3.90. The zero-order chi connectivity index (χ0) is 12.4. The molecule has 0 spiro atoms. The molecule has 0 saturated heterocycles. The predicted molar refractivity (Wildman–Crippen MR) is 73.9 cm³/mol. The molecule has 1 nitrogen and oxygen atoms in total. The van der Waals surface area contributed by atoms with Gasteiger partial charge in [0.15, 0.2) is 0 Å². The Kier molecular flexibility index (Phi) is 8.18. The first-order chi connectivity index (χ1) is 7.60. The van der Waals surface area contributed by atoms with Crippen LogP contribution in [0.15, 0.2) is 43.5 Å². The van der Waals surface area contributed by atoms with Crippen LogP contribution in [-0.4, -0.2) is 13.1 Å². The van der Waals surface area contributed by atoms with Crippen LogP contribution in [0.4, 0.5) is 0 Å². The Hall–Kier alpha value is -1.34. The Bertz CT molecular complexity index is 268. The van der Waals surface area contributed by atoms with E-state index in [1.807, 2.05) is 12.2 Å². The first-order valence-electron chi connectivity index (χ1n) is 5.57. The number of aryl methyl sites for hydroxylation is 3. The van der Waals surface area contributed by atoms with Crippen molar-refractivity contribution in [2.24, 2.45) is 0 Å². The van der Waals surface area contributed by atoms with Crippen molar-refractivity contribution in [2.75, 3.05) is 13.1 Å². The molecular formula is C15H23N. The van der Waals surface area contributed by atoms with E-state index in [4.69, 9.17) is 0 Å².